The van der Waals surface area contributed by atoms with Crippen LogP contribution in [-0.4, -0.2) is 37.5 Å². The number of quaternary nitrogens is 1. The molecule has 1 fully saturated rings. The van der Waals surface area contributed by atoms with E-state index < -0.39 is 0 Å². The molecule has 1 aliphatic heterocycles. The van der Waals surface area contributed by atoms with Gasteiger partial charge >= 0.3 is 0 Å². The molecular formula is C22H30N3OS+. The summed E-state index contributed by atoms with van der Waals surface area (Å²) >= 11 is 5.63. The van der Waals surface area contributed by atoms with Crippen molar-refractivity contribution in [2.45, 2.75) is 32.9 Å². The Morgan fingerprint density at radius 3 is 2.44 bits per heavy atom. The standard InChI is InChI=1S/C22H29N3OS/c1-16-8-7-11-20(17(16)2)24-22(27)23-18(3)21(19-9-5-4-6-10-19)25-12-14-26-15-13-25/h4-11,18,21H,12-15H2,1-3H3,(H2,23,24,27)/p+1/t18-,21+/m1/s1. The van der Waals surface area contributed by atoms with Crippen LogP contribution in [0.4, 0.5) is 5.69 Å². The maximum Gasteiger partial charge on any atom is 0.171 e. The number of hydrogen-bond donors (Lipinski definition) is 3. The third-order valence-corrected chi connectivity index (χ3v) is 5.67. The molecule has 144 valence electrons. The van der Waals surface area contributed by atoms with Gasteiger partial charge in [0.25, 0.3) is 0 Å². The maximum absolute atomic E-state index is 5.63. The van der Waals surface area contributed by atoms with E-state index in [9.17, 15) is 0 Å². The molecule has 0 aliphatic carbocycles. The van der Waals surface area contributed by atoms with Crippen LogP contribution in [-0.2, 0) is 4.74 Å². The Labute approximate surface area is 167 Å². The summed E-state index contributed by atoms with van der Waals surface area (Å²) in [6.45, 7) is 10.1. The van der Waals surface area contributed by atoms with Crippen molar-refractivity contribution < 1.29 is 9.64 Å². The van der Waals surface area contributed by atoms with E-state index in [0.29, 0.717) is 11.2 Å². The molecule has 1 saturated heterocycles. The lowest BCUT2D eigenvalue weighted by Gasteiger charge is -2.36. The van der Waals surface area contributed by atoms with E-state index in [1.54, 1.807) is 4.90 Å². The molecule has 3 N–H and O–H groups in total. The van der Waals surface area contributed by atoms with Crippen molar-refractivity contribution in [1.82, 2.24) is 5.32 Å². The molecule has 0 saturated carbocycles. The minimum Gasteiger partial charge on any atom is -0.370 e. The van der Waals surface area contributed by atoms with Crippen LogP contribution in [0.3, 0.4) is 0 Å². The van der Waals surface area contributed by atoms with Crippen molar-refractivity contribution in [2.24, 2.45) is 0 Å². The smallest absolute Gasteiger partial charge is 0.171 e. The molecule has 2 aromatic rings. The van der Waals surface area contributed by atoms with E-state index in [4.69, 9.17) is 17.0 Å². The van der Waals surface area contributed by atoms with Gasteiger partial charge in [-0.2, -0.15) is 0 Å². The molecule has 0 unspecified atom stereocenters. The number of thiocarbonyl (C=S) groups is 1. The SMILES string of the molecule is Cc1cccc(NC(=S)N[C@H](C)[C@@H](c2ccccc2)[NH+]2CCOCC2)c1C. The lowest BCUT2D eigenvalue weighted by Crippen LogP contribution is -3.15. The molecule has 2 atom stereocenters. The average molecular weight is 385 g/mol. The van der Waals surface area contributed by atoms with Gasteiger partial charge in [0.2, 0.25) is 0 Å². The third-order valence-electron chi connectivity index (χ3n) is 5.45. The first kappa shape index (κ1) is 19.8. The number of hydrogen-bond acceptors (Lipinski definition) is 2. The quantitative estimate of drug-likeness (QED) is 0.693. The van der Waals surface area contributed by atoms with E-state index in [-0.39, 0.29) is 6.04 Å². The summed E-state index contributed by atoms with van der Waals surface area (Å²) in [4.78, 5) is 1.54. The second-order valence-corrected chi connectivity index (χ2v) is 7.70. The summed E-state index contributed by atoms with van der Waals surface area (Å²) in [6, 6.07) is 17.5. The average Bonchev–Trinajstić information content (AvgIpc) is 2.67. The highest BCUT2D eigenvalue weighted by Crippen LogP contribution is 2.18. The number of aryl methyl sites for hydroxylation is 1. The zero-order chi connectivity index (χ0) is 19.2. The molecule has 0 spiro atoms. The molecule has 0 amide bonds. The Morgan fingerprint density at radius 1 is 1.04 bits per heavy atom. The minimum atomic E-state index is 0.200. The lowest BCUT2D eigenvalue weighted by atomic mass is 9.98. The predicted molar refractivity (Wildman–Crippen MR) is 115 cm³/mol. The highest BCUT2D eigenvalue weighted by molar-refractivity contribution is 7.80. The molecule has 2 aromatic carbocycles. The highest BCUT2D eigenvalue weighted by Gasteiger charge is 2.31. The summed E-state index contributed by atoms with van der Waals surface area (Å²) in [5.74, 6) is 0. The Morgan fingerprint density at radius 2 is 1.74 bits per heavy atom. The van der Waals surface area contributed by atoms with Crippen LogP contribution in [0.25, 0.3) is 0 Å². The van der Waals surface area contributed by atoms with Crippen molar-refractivity contribution in [3.8, 4) is 0 Å². The van der Waals surface area contributed by atoms with Crippen LogP contribution in [0.1, 0.15) is 29.7 Å². The number of benzene rings is 2. The number of ether oxygens (including phenoxy) is 1. The zero-order valence-electron chi connectivity index (χ0n) is 16.4. The first-order chi connectivity index (χ1) is 13.1. The fraction of sp³-hybridized carbons (Fsp3) is 0.409. The van der Waals surface area contributed by atoms with Crippen molar-refractivity contribution in [1.29, 1.82) is 0 Å². The van der Waals surface area contributed by atoms with E-state index in [0.717, 1.165) is 32.0 Å². The van der Waals surface area contributed by atoms with Gasteiger partial charge in [0, 0.05) is 11.3 Å². The molecular weight excluding hydrogens is 354 g/mol. The number of anilines is 1. The molecule has 1 aliphatic rings. The van der Waals surface area contributed by atoms with Gasteiger partial charge in [-0.1, -0.05) is 42.5 Å². The Balaban J connectivity index is 1.72. The predicted octanol–water partition coefficient (Wildman–Crippen LogP) is 2.63. The second kappa shape index (κ2) is 9.31. The van der Waals surface area contributed by atoms with Gasteiger partial charge in [-0.05, 0) is 50.2 Å². The monoisotopic (exact) mass is 384 g/mol. The van der Waals surface area contributed by atoms with Crippen molar-refractivity contribution in [3.05, 3.63) is 65.2 Å². The van der Waals surface area contributed by atoms with Crippen LogP contribution in [0.2, 0.25) is 0 Å². The molecule has 0 bridgehead atoms. The maximum atomic E-state index is 5.63. The molecule has 27 heavy (non-hydrogen) atoms. The summed E-state index contributed by atoms with van der Waals surface area (Å²) < 4.78 is 5.57. The molecule has 3 rings (SSSR count). The van der Waals surface area contributed by atoms with Crippen LogP contribution in [0.15, 0.2) is 48.5 Å². The van der Waals surface area contributed by atoms with Crippen LogP contribution >= 0.6 is 12.2 Å². The number of rotatable bonds is 5. The van der Waals surface area contributed by atoms with Crippen LogP contribution in [0.5, 0.6) is 0 Å². The number of nitrogens with one attached hydrogen (secondary N) is 3. The van der Waals surface area contributed by atoms with Gasteiger partial charge in [0.15, 0.2) is 5.11 Å². The molecule has 0 radical (unpaired) electrons. The van der Waals surface area contributed by atoms with Gasteiger partial charge in [0.1, 0.15) is 19.1 Å². The summed E-state index contributed by atoms with van der Waals surface area (Å²) in [7, 11) is 0. The van der Waals surface area contributed by atoms with Crippen molar-refractivity contribution in [3.63, 3.8) is 0 Å². The van der Waals surface area contributed by atoms with Gasteiger partial charge in [0.05, 0.1) is 19.3 Å². The van der Waals surface area contributed by atoms with Gasteiger partial charge < -0.3 is 20.3 Å². The largest absolute Gasteiger partial charge is 0.370 e. The van der Waals surface area contributed by atoms with E-state index in [1.807, 2.05) is 0 Å². The van der Waals surface area contributed by atoms with Gasteiger partial charge in [-0.3, -0.25) is 0 Å². The van der Waals surface area contributed by atoms with Crippen molar-refractivity contribution >= 4 is 23.0 Å². The minimum absolute atomic E-state index is 0.200. The van der Waals surface area contributed by atoms with E-state index in [1.165, 1.54) is 16.7 Å². The third kappa shape index (κ3) is 5.06. The number of morpholine rings is 1. The van der Waals surface area contributed by atoms with E-state index >= 15 is 0 Å². The first-order valence-electron chi connectivity index (χ1n) is 9.67. The molecule has 5 heteroatoms. The van der Waals surface area contributed by atoms with Crippen LogP contribution < -0.4 is 15.5 Å². The molecule has 4 nitrogen and oxygen atoms in total. The fourth-order valence-electron chi connectivity index (χ4n) is 3.82. The lowest BCUT2D eigenvalue weighted by molar-refractivity contribution is -0.940. The van der Waals surface area contributed by atoms with Crippen molar-refractivity contribution in [2.75, 3.05) is 31.6 Å². The normalized spacial score (nSPS) is 17.1. The van der Waals surface area contributed by atoms with Gasteiger partial charge in [-0.25, -0.2) is 0 Å². The molecule has 1 heterocycles. The Hall–Kier alpha value is -1.95. The first-order valence-corrected chi connectivity index (χ1v) is 10.1. The zero-order valence-corrected chi connectivity index (χ0v) is 17.2. The van der Waals surface area contributed by atoms with Crippen LogP contribution in [0, 0.1) is 13.8 Å². The molecule has 0 aromatic heterocycles. The van der Waals surface area contributed by atoms with E-state index in [2.05, 4.69) is 79.9 Å². The second-order valence-electron chi connectivity index (χ2n) is 7.29. The van der Waals surface area contributed by atoms with Gasteiger partial charge in [-0.15, -0.1) is 0 Å². The fourth-order valence-corrected chi connectivity index (χ4v) is 4.11. The summed E-state index contributed by atoms with van der Waals surface area (Å²) in [5.41, 5.74) is 4.89. The summed E-state index contributed by atoms with van der Waals surface area (Å²) in [6.07, 6.45) is 0. The Kier molecular flexibility index (Phi) is 6.83. The topological polar surface area (TPSA) is 37.7 Å². The highest BCUT2D eigenvalue weighted by atomic mass is 32.1. The Bertz CT molecular complexity index is 759. The summed E-state index contributed by atoms with van der Waals surface area (Å²) in [5, 5.41) is 7.58.